The number of hydrogen-bond donors (Lipinski definition) is 1. The molecule has 3 rings (SSSR count). The number of benzene rings is 2. The zero-order chi connectivity index (χ0) is 17.8. The monoisotopic (exact) mass is 343 g/mol. The summed E-state index contributed by atoms with van der Waals surface area (Å²) in [5.74, 6) is -1.74. The second-order valence-electron chi connectivity index (χ2n) is 5.98. The number of carbonyl (C=O) groups excluding carboxylic acids is 1. The number of hydrogen-bond acceptors (Lipinski definition) is 3. The fourth-order valence-corrected chi connectivity index (χ4v) is 3.03. The molecule has 0 spiro atoms. The van der Waals surface area contributed by atoms with Gasteiger partial charge in [-0.05, 0) is 43.5 Å². The van der Waals surface area contributed by atoms with E-state index in [9.17, 15) is 13.6 Å². The maximum atomic E-state index is 13.7. The molecule has 0 unspecified atom stereocenters. The van der Waals surface area contributed by atoms with Crippen LogP contribution in [0.15, 0.2) is 47.6 Å². The topological polar surface area (TPSA) is 44.7 Å². The van der Waals surface area contributed by atoms with Crippen molar-refractivity contribution in [1.82, 2.24) is 5.43 Å². The van der Waals surface area contributed by atoms with Gasteiger partial charge in [-0.25, -0.2) is 14.2 Å². The van der Waals surface area contributed by atoms with Gasteiger partial charge in [-0.2, -0.15) is 5.10 Å². The van der Waals surface area contributed by atoms with Crippen LogP contribution in [0, 0.1) is 11.6 Å². The number of aryl methyl sites for hydroxylation is 1. The number of hydrazone groups is 1. The highest BCUT2D eigenvalue weighted by Gasteiger charge is 2.18. The summed E-state index contributed by atoms with van der Waals surface area (Å²) in [5, 5.41) is 3.85. The first kappa shape index (κ1) is 17.1. The largest absolute Gasteiger partial charge is 0.362 e. The summed E-state index contributed by atoms with van der Waals surface area (Å²) >= 11 is 0. The number of para-hydroxylation sites is 1. The molecule has 0 bridgehead atoms. The zero-order valence-corrected chi connectivity index (χ0v) is 13.9. The van der Waals surface area contributed by atoms with Crippen molar-refractivity contribution < 1.29 is 13.6 Å². The Labute approximate surface area is 145 Å². The quantitative estimate of drug-likeness (QED) is 0.684. The van der Waals surface area contributed by atoms with Gasteiger partial charge >= 0.3 is 0 Å². The Kier molecular flexibility index (Phi) is 5.07. The van der Waals surface area contributed by atoms with Crippen LogP contribution in [0.3, 0.4) is 0 Å². The molecule has 0 atom stereocenters. The SMILES string of the molecule is C/C(=N/NC(=O)CN1CCCc2ccccc21)c1c(F)cccc1F. The Morgan fingerprint density at radius 1 is 1.16 bits per heavy atom. The molecule has 4 nitrogen and oxygen atoms in total. The van der Waals surface area contributed by atoms with E-state index in [2.05, 4.69) is 16.6 Å². The third-order valence-corrected chi connectivity index (χ3v) is 4.21. The normalized spacial score (nSPS) is 14.2. The first-order valence-electron chi connectivity index (χ1n) is 8.16. The predicted octanol–water partition coefficient (Wildman–Crippen LogP) is 3.26. The van der Waals surface area contributed by atoms with E-state index in [1.54, 1.807) is 0 Å². The number of nitrogens with zero attached hydrogens (tertiary/aromatic N) is 2. The molecule has 130 valence electrons. The minimum atomic E-state index is -0.708. The molecule has 25 heavy (non-hydrogen) atoms. The standard InChI is InChI=1S/C19H19F2N3O/c1-13(19-15(20)8-4-9-16(19)21)22-23-18(25)12-24-11-5-7-14-6-2-3-10-17(14)24/h2-4,6,8-10H,5,7,11-12H2,1H3,(H,23,25)/b22-13-. The van der Waals surface area contributed by atoms with Crippen molar-refractivity contribution in [1.29, 1.82) is 0 Å². The second kappa shape index (κ2) is 7.42. The van der Waals surface area contributed by atoms with Crippen LogP contribution in [0.5, 0.6) is 0 Å². The lowest BCUT2D eigenvalue weighted by molar-refractivity contribution is -0.119. The van der Waals surface area contributed by atoms with Gasteiger partial charge in [0.05, 0.1) is 17.8 Å². The average molecular weight is 343 g/mol. The smallest absolute Gasteiger partial charge is 0.259 e. The Morgan fingerprint density at radius 2 is 1.88 bits per heavy atom. The molecule has 0 saturated carbocycles. The van der Waals surface area contributed by atoms with Gasteiger partial charge in [0.25, 0.3) is 5.91 Å². The van der Waals surface area contributed by atoms with Crippen molar-refractivity contribution in [3.63, 3.8) is 0 Å². The third-order valence-electron chi connectivity index (χ3n) is 4.21. The van der Waals surface area contributed by atoms with Gasteiger partial charge in [-0.1, -0.05) is 24.3 Å². The van der Waals surface area contributed by atoms with E-state index in [-0.39, 0.29) is 23.7 Å². The first-order chi connectivity index (χ1) is 12.1. The second-order valence-corrected chi connectivity index (χ2v) is 5.98. The molecule has 0 fully saturated rings. The molecule has 1 amide bonds. The van der Waals surface area contributed by atoms with Gasteiger partial charge in [0.15, 0.2) is 0 Å². The van der Waals surface area contributed by atoms with Gasteiger partial charge in [0, 0.05) is 12.2 Å². The van der Waals surface area contributed by atoms with Crippen LogP contribution in [-0.2, 0) is 11.2 Å². The van der Waals surface area contributed by atoms with E-state index >= 15 is 0 Å². The van der Waals surface area contributed by atoms with E-state index in [1.807, 2.05) is 23.1 Å². The molecule has 6 heteroatoms. The third kappa shape index (κ3) is 3.84. The average Bonchev–Trinajstić information content (AvgIpc) is 2.60. The van der Waals surface area contributed by atoms with Crippen molar-refractivity contribution in [3.8, 4) is 0 Å². The minimum Gasteiger partial charge on any atom is -0.362 e. The van der Waals surface area contributed by atoms with Gasteiger partial charge in [-0.15, -0.1) is 0 Å². The molecule has 2 aromatic rings. The number of amides is 1. The van der Waals surface area contributed by atoms with Gasteiger partial charge in [-0.3, -0.25) is 4.79 Å². The minimum absolute atomic E-state index is 0.0861. The van der Waals surface area contributed by atoms with Crippen LogP contribution in [0.4, 0.5) is 14.5 Å². The van der Waals surface area contributed by atoms with E-state index in [4.69, 9.17) is 0 Å². The van der Waals surface area contributed by atoms with Crippen molar-refractivity contribution in [2.24, 2.45) is 5.10 Å². The summed E-state index contributed by atoms with van der Waals surface area (Å²) in [6.07, 6.45) is 1.98. The molecule has 1 heterocycles. The highest BCUT2D eigenvalue weighted by molar-refractivity contribution is 5.99. The number of halogens is 2. The molecule has 0 aromatic heterocycles. The van der Waals surface area contributed by atoms with Crippen LogP contribution in [0.1, 0.15) is 24.5 Å². The molecule has 2 aromatic carbocycles. The summed E-state index contributed by atoms with van der Waals surface area (Å²) in [6, 6.07) is 11.6. The fourth-order valence-electron chi connectivity index (χ4n) is 3.03. The lowest BCUT2D eigenvalue weighted by Gasteiger charge is -2.30. The molecular formula is C19H19F2N3O. The summed E-state index contributed by atoms with van der Waals surface area (Å²) in [6.45, 7) is 2.39. The number of rotatable bonds is 4. The first-order valence-corrected chi connectivity index (χ1v) is 8.16. The maximum absolute atomic E-state index is 13.7. The molecular weight excluding hydrogens is 324 g/mol. The van der Waals surface area contributed by atoms with Crippen LogP contribution in [-0.4, -0.2) is 24.7 Å². The van der Waals surface area contributed by atoms with Gasteiger partial charge in [0.2, 0.25) is 0 Å². The number of nitrogens with one attached hydrogen (secondary N) is 1. The predicted molar refractivity (Wildman–Crippen MR) is 93.7 cm³/mol. The number of anilines is 1. The summed E-state index contributed by atoms with van der Waals surface area (Å²) in [7, 11) is 0. The molecule has 1 aliphatic heterocycles. The Hall–Kier alpha value is -2.76. The van der Waals surface area contributed by atoms with Crippen LogP contribution in [0.25, 0.3) is 0 Å². The maximum Gasteiger partial charge on any atom is 0.259 e. The molecule has 0 aliphatic carbocycles. The van der Waals surface area contributed by atoms with E-state index in [1.165, 1.54) is 18.6 Å². The summed E-state index contributed by atoms with van der Waals surface area (Å²) in [5.41, 5.74) is 4.51. The van der Waals surface area contributed by atoms with E-state index in [0.29, 0.717) is 0 Å². The van der Waals surface area contributed by atoms with E-state index < -0.39 is 11.6 Å². The van der Waals surface area contributed by atoms with Gasteiger partial charge < -0.3 is 4.90 Å². The Morgan fingerprint density at radius 3 is 2.64 bits per heavy atom. The van der Waals surface area contributed by atoms with Gasteiger partial charge in [0.1, 0.15) is 11.6 Å². The molecule has 0 saturated heterocycles. The number of fused-ring (bicyclic) bond motifs is 1. The van der Waals surface area contributed by atoms with Crippen LogP contribution >= 0.6 is 0 Å². The molecule has 1 N–H and O–H groups in total. The summed E-state index contributed by atoms with van der Waals surface area (Å²) < 4.78 is 27.4. The van der Waals surface area contributed by atoms with E-state index in [0.717, 1.165) is 37.2 Å². The lowest BCUT2D eigenvalue weighted by atomic mass is 10.0. The molecule has 0 radical (unpaired) electrons. The Bertz CT molecular complexity index is 800. The van der Waals surface area contributed by atoms with Crippen molar-refractivity contribution in [2.75, 3.05) is 18.0 Å². The Balaban J connectivity index is 1.68. The number of carbonyl (C=O) groups is 1. The van der Waals surface area contributed by atoms with Crippen molar-refractivity contribution in [3.05, 3.63) is 65.2 Å². The lowest BCUT2D eigenvalue weighted by Crippen LogP contribution is -2.38. The molecule has 1 aliphatic rings. The fraction of sp³-hybridized carbons (Fsp3) is 0.263. The summed E-state index contributed by atoms with van der Waals surface area (Å²) in [4.78, 5) is 14.2. The van der Waals surface area contributed by atoms with Crippen molar-refractivity contribution >= 4 is 17.3 Å². The zero-order valence-electron chi connectivity index (χ0n) is 13.9. The van der Waals surface area contributed by atoms with Crippen LogP contribution < -0.4 is 10.3 Å². The highest BCUT2D eigenvalue weighted by atomic mass is 19.1. The highest BCUT2D eigenvalue weighted by Crippen LogP contribution is 2.26. The van der Waals surface area contributed by atoms with Crippen LogP contribution in [0.2, 0.25) is 0 Å². The van der Waals surface area contributed by atoms with Crippen molar-refractivity contribution in [2.45, 2.75) is 19.8 Å².